The average Bonchev–Trinajstić information content (AvgIpc) is 2.82. The van der Waals surface area contributed by atoms with E-state index in [1.165, 1.54) is 10.4 Å². The van der Waals surface area contributed by atoms with Crippen LogP contribution in [0.3, 0.4) is 0 Å². The second-order valence-corrected chi connectivity index (χ2v) is 9.61. The predicted octanol–water partition coefficient (Wildman–Crippen LogP) is 1.25. The van der Waals surface area contributed by atoms with Crippen molar-refractivity contribution >= 4 is 27.5 Å². The van der Waals surface area contributed by atoms with E-state index in [0.29, 0.717) is 28.5 Å². The van der Waals surface area contributed by atoms with Gasteiger partial charge in [0.05, 0.1) is 17.7 Å². The predicted molar refractivity (Wildman–Crippen MR) is 119 cm³/mol. The van der Waals surface area contributed by atoms with Gasteiger partial charge >= 0.3 is 0 Å². The van der Waals surface area contributed by atoms with Crippen molar-refractivity contribution in [2.75, 3.05) is 51.8 Å². The monoisotopic (exact) mass is 475 g/mol. The smallest absolute Gasteiger partial charge is 0.262 e. The van der Waals surface area contributed by atoms with Crippen LogP contribution in [0.25, 0.3) is 0 Å². The minimum Gasteiger partial charge on any atom is -0.497 e. The summed E-state index contributed by atoms with van der Waals surface area (Å²) >= 11 is 0. The Kier molecular flexibility index (Phi) is 6.43. The lowest BCUT2D eigenvalue weighted by Crippen LogP contribution is -2.51. The molecule has 11 heteroatoms. The summed E-state index contributed by atoms with van der Waals surface area (Å²) in [6, 6.07) is 9.95. The van der Waals surface area contributed by atoms with E-state index in [-0.39, 0.29) is 56.1 Å². The molecule has 2 aliphatic rings. The first-order chi connectivity index (χ1) is 15.8. The normalized spacial score (nSPS) is 16.4. The van der Waals surface area contributed by atoms with Gasteiger partial charge in [-0.25, -0.2) is 8.42 Å². The number of sulfonamides is 1. The van der Waals surface area contributed by atoms with Crippen molar-refractivity contribution in [3.63, 3.8) is 0 Å². The Balaban J connectivity index is 1.36. The fourth-order valence-electron chi connectivity index (χ4n) is 3.72. The van der Waals surface area contributed by atoms with E-state index in [1.54, 1.807) is 49.3 Å². The van der Waals surface area contributed by atoms with E-state index in [2.05, 4.69) is 5.32 Å². The van der Waals surface area contributed by atoms with Crippen LogP contribution in [0.5, 0.6) is 17.2 Å². The molecule has 0 aliphatic carbocycles. The van der Waals surface area contributed by atoms with E-state index < -0.39 is 10.0 Å². The largest absolute Gasteiger partial charge is 0.497 e. The maximum atomic E-state index is 13.2. The molecule has 0 unspecified atom stereocenters. The van der Waals surface area contributed by atoms with Crippen molar-refractivity contribution < 1.29 is 32.2 Å². The molecule has 2 aromatic carbocycles. The standard InChI is InChI=1S/C22H25N3O7S/c1-15-11-18-19(32-13-21(26)23-18)12-20(15)33(28,29)25-9-7-24(8-10-25)22(27)14-31-17-5-3-16(30-2)4-6-17/h3-6,11-12H,7-10,13-14H2,1-2H3,(H,23,26). The number of aryl methyl sites for hydroxylation is 1. The van der Waals surface area contributed by atoms with Crippen molar-refractivity contribution in [1.29, 1.82) is 0 Å². The molecular formula is C22H25N3O7S. The zero-order valence-corrected chi connectivity index (χ0v) is 19.2. The molecule has 1 fully saturated rings. The lowest BCUT2D eigenvalue weighted by molar-refractivity contribution is -0.134. The van der Waals surface area contributed by atoms with E-state index in [0.717, 1.165) is 0 Å². The fourth-order valence-corrected chi connectivity index (χ4v) is 5.36. The number of amides is 2. The quantitative estimate of drug-likeness (QED) is 0.669. The molecule has 4 rings (SSSR count). The average molecular weight is 476 g/mol. The third-order valence-electron chi connectivity index (χ3n) is 5.54. The van der Waals surface area contributed by atoms with Crippen molar-refractivity contribution in [3.8, 4) is 17.2 Å². The summed E-state index contributed by atoms with van der Waals surface area (Å²) in [5.41, 5.74) is 0.959. The molecule has 1 saturated heterocycles. The van der Waals surface area contributed by atoms with Crippen LogP contribution in [0.15, 0.2) is 41.3 Å². The first kappa shape index (κ1) is 22.9. The number of hydrogen-bond donors (Lipinski definition) is 1. The maximum absolute atomic E-state index is 13.2. The van der Waals surface area contributed by atoms with Gasteiger partial charge in [0.25, 0.3) is 11.8 Å². The van der Waals surface area contributed by atoms with Crippen molar-refractivity contribution in [2.24, 2.45) is 0 Å². The Morgan fingerprint density at radius 1 is 1.09 bits per heavy atom. The van der Waals surface area contributed by atoms with E-state index >= 15 is 0 Å². The number of carbonyl (C=O) groups is 2. The lowest BCUT2D eigenvalue weighted by Gasteiger charge is -2.34. The number of fused-ring (bicyclic) bond motifs is 1. The maximum Gasteiger partial charge on any atom is 0.262 e. The Labute approximate surface area is 192 Å². The van der Waals surface area contributed by atoms with Crippen LogP contribution in [0.4, 0.5) is 5.69 Å². The molecule has 0 radical (unpaired) electrons. The summed E-state index contributed by atoms with van der Waals surface area (Å²) in [7, 11) is -2.22. The zero-order valence-electron chi connectivity index (χ0n) is 18.4. The number of rotatable bonds is 6. The number of nitrogens with zero attached hydrogens (tertiary/aromatic N) is 2. The van der Waals surface area contributed by atoms with Gasteiger partial charge in [0, 0.05) is 32.2 Å². The molecule has 0 atom stereocenters. The molecule has 2 amide bonds. The number of hydrogen-bond acceptors (Lipinski definition) is 7. The highest BCUT2D eigenvalue weighted by Gasteiger charge is 2.32. The summed E-state index contributed by atoms with van der Waals surface area (Å²) in [5, 5.41) is 2.67. The first-order valence-corrected chi connectivity index (χ1v) is 11.8. The summed E-state index contributed by atoms with van der Waals surface area (Å²) in [5.74, 6) is 1.07. The van der Waals surface area contributed by atoms with Crippen LogP contribution in [-0.2, 0) is 19.6 Å². The third kappa shape index (κ3) is 4.88. The number of carbonyl (C=O) groups excluding carboxylic acids is 2. The molecular weight excluding hydrogens is 450 g/mol. The Hall–Kier alpha value is -3.31. The number of anilines is 1. The third-order valence-corrected chi connectivity index (χ3v) is 7.58. The number of methoxy groups -OCH3 is 1. The highest BCUT2D eigenvalue weighted by Crippen LogP contribution is 2.34. The number of nitrogens with one attached hydrogen (secondary N) is 1. The molecule has 0 bridgehead atoms. The summed E-state index contributed by atoms with van der Waals surface area (Å²) in [6.45, 7) is 2.25. The zero-order chi connectivity index (χ0) is 23.6. The van der Waals surface area contributed by atoms with Crippen molar-refractivity contribution in [3.05, 3.63) is 42.0 Å². The lowest BCUT2D eigenvalue weighted by atomic mass is 10.2. The fraction of sp³-hybridized carbons (Fsp3) is 0.364. The van der Waals surface area contributed by atoms with Crippen LogP contribution in [0.1, 0.15) is 5.56 Å². The summed E-state index contributed by atoms with van der Waals surface area (Å²) in [6.07, 6.45) is 0. The van der Waals surface area contributed by atoms with Crippen LogP contribution >= 0.6 is 0 Å². The van der Waals surface area contributed by atoms with Crippen molar-refractivity contribution in [2.45, 2.75) is 11.8 Å². The molecule has 2 heterocycles. The van der Waals surface area contributed by atoms with Gasteiger partial charge in [-0.15, -0.1) is 0 Å². The molecule has 0 spiro atoms. The SMILES string of the molecule is COc1ccc(OCC(=O)N2CCN(S(=O)(=O)c3cc4c(cc3C)NC(=O)CO4)CC2)cc1. The molecule has 176 valence electrons. The topological polar surface area (TPSA) is 114 Å². The second kappa shape index (κ2) is 9.28. The molecule has 2 aliphatic heterocycles. The highest BCUT2D eigenvalue weighted by atomic mass is 32.2. The highest BCUT2D eigenvalue weighted by molar-refractivity contribution is 7.89. The van der Waals surface area contributed by atoms with Crippen LogP contribution in [0.2, 0.25) is 0 Å². The molecule has 33 heavy (non-hydrogen) atoms. The Morgan fingerprint density at radius 2 is 1.76 bits per heavy atom. The summed E-state index contributed by atoms with van der Waals surface area (Å²) < 4.78 is 43.8. The minimum atomic E-state index is -3.79. The molecule has 2 aromatic rings. The van der Waals surface area contributed by atoms with E-state index in [1.807, 2.05) is 0 Å². The molecule has 0 aromatic heterocycles. The number of ether oxygens (including phenoxy) is 3. The number of benzene rings is 2. The van der Waals surface area contributed by atoms with Gasteiger partial charge in [-0.2, -0.15) is 4.31 Å². The van der Waals surface area contributed by atoms with Gasteiger partial charge in [-0.05, 0) is 42.8 Å². The Bertz CT molecular complexity index is 1160. The summed E-state index contributed by atoms with van der Waals surface area (Å²) in [4.78, 5) is 25.7. The van der Waals surface area contributed by atoms with Gasteiger partial charge in [-0.1, -0.05) is 0 Å². The van der Waals surface area contributed by atoms with E-state index in [9.17, 15) is 18.0 Å². The van der Waals surface area contributed by atoms with Crippen LogP contribution in [0, 0.1) is 6.92 Å². The van der Waals surface area contributed by atoms with Gasteiger partial charge in [0.15, 0.2) is 13.2 Å². The van der Waals surface area contributed by atoms with Gasteiger partial charge in [0.1, 0.15) is 17.2 Å². The van der Waals surface area contributed by atoms with E-state index in [4.69, 9.17) is 14.2 Å². The minimum absolute atomic E-state index is 0.125. The van der Waals surface area contributed by atoms with Crippen LogP contribution in [-0.4, -0.2) is 75.9 Å². The van der Waals surface area contributed by atoms with Gasteiger partial charge in [0.2, 0.25) is 10.0 Å². The first-order valence-electron chi connectivity index (χ1n) is 10.4. The number of piperazine rings is 1. The van der Waals surface area contributed by atoms with Gasteiger partial charge < -0.3 is 24.4 Å². The Morgan fingerprint density at radius 3 is 2.42 bits per heavy atom. The van der Waals surface area contributed by atoms with Crippen LogP contribution < -0.4 is 19.5 Å². The molecule has 1 N–H and O–H groups in total. The molecule has 10 nitrogen and oxygen atoms in total. The second-order valence-electron chi connectivity index (χ2n) is 7.70. The molecule has 0 saturated carbocycles. The van der Waals surface area contributed by atoms with Gasteiger partial charge in [-0.3, -0.25) is 9.59 Å². The van der Waals surface area contributed by atoms with Crippen molar-refractivity contribution in [1.82, 2.24) is 9.21 Å².